The molecule has 0 unspecified atom stereocenters. The van der Waals surface area contributed by atoms with Crippen molar-refractivity contribution in [3.05, 3.63) is 21.7 Å². The first kappa shape index (κ1) is 31.4. The highest BCUT2D eigenvalue weighted by atomic mass is 32.1. The van der Waals surface area contributed by atoms with Crippen LogP contribution in [0.2, 0.25) is 0 Å². The Morgan fingerprint density at radius 2 is 1.92 bits per heavy atom. The standard InChI is InChI=1S/C29H43NO8S/c1-16-9-8-10-29(7)23(38-29)12-21(17(2)11-20-15-39-24(30-20)14-36-19(4)31)37-25(33)13-22(32)28(5,6)27(35)18(3)26(16)34/h11,15-16,18,21-23,26,32,34H,8-10,12-14H2,1-7H3/t16-,18+,21-,22-,23-,26-,29+/m0/s1. The van der Waals surface area contributed by atoms with Gasteiger partial charge in [0, 0.05) is 24.6 Å². The van der Waals surface area contributed by atoms with Gasteiger partial charge in [0.15, 0.2) is 0 Å². The first-order valence-electron chi connectivity index (χ1n) is 13.7. The van der Waals surface area contributed by atoms with E-state index in [1.807, 2.05) is 32.2 Å². The number of thiazole rings is 1. The van der Waals surface area contributed by atoms with Crippen molar-refractivity contribution in [2.75, 3.05) is 0 Å². The highest BCUT2D eigenvalue weighted by Gasteiger charge is 2.53. The molecular weight excluding hydrogens is 522 g/mol. The van der Waals surface area contributed by atoms with Gasteiger partial charge in [-0.2, -0.15) is 0 Å². The van der Waals surface area contributed by atoms with E-state index in [1.165, 1.54) is 18.3 Å². The maximum atomic E-state index is 13.3. The molecule has 7 atom stereocenters. The van der Waals surface area contributed by atoms with Crippen LogP contribution in [0.25, 0.3) is 6.08 Å². The summed E-state index contributed by atoms with van der Waals surface area (Å²) < 4.78 is 17.0. The molecule has 0 amide bonds. The number of carbonyl (C=O) groups is 3. The zero-order valence-corrected chi connectivity index (χ0v) is 24.9. The Labute approximate surface area is 234 Å². The minimum Gasteiger partial charge on any atom is -0.458 e. The third-order valence-corrected chi connectivity index (χ3v) is 9.10. The van der Waals surface area contributed by atoms with E-state index in [0.717, 1.165) is 24.8 Å². The maximum absolute atomic E-state index is 13.3. The molecule has 9 nitrogen and oxygen atoms in total. The van der Waals surface area contributed by atoms with Gasteiger partial charge in [0.1, 0.15) is 23.5 Å². The monoisotopic (exact) mass is 565 g/mol. The number of esters is 2. The molecule has 0 aromatic carbocycles. The number of fused-ring (bicyclic) bond motifs is 1. The van der Waals surface area contributed by atoms with Gasteiger partial charge in [0.25, 0.3) is 0 Å². The molecule has 2 aliphatic rings. The van der Waals surface area contributed by atoms with E-state index in [-0.39, 0.29) is 42.4 Å². The van der Waals surface area contributed by atoms with Crippen molar-refractivity contribution >= 4 is 35.1 Å². The van der Waals surface area contributed by atoms with Crippen LogP contribution in [0.5, 0.6) is 0 Å². The number of epoxide rings is 1. The summed E-state index contributed by atoms with van der Waals surface area (Å²) in [4.78, 5) is 41.9. The van der Waals surface area contributed by atoms with Crippen LogP contribution in [0.15, 0.2) is 11.0 Å². The third-order valence-electron chi connectivity index (χ3n) is 8.26. The molecule has 3 heterocycles. The van der Waals surface area contributed by atoms with Crippen LogP contribution in [-0.2, 0) is 35.2 Å². The first-order chi connectivity index (χ1) is 18.1. The molecule has 3 rings (SSSR count). The minimum atomic E-state index is -1.27. The van der Waals surface area contributed by atoms with Crippen molar-refractivity contribution < 1.29 is 38.8 Å². The molecule has 0 aliphatic carbocycles. The van der Waals surface area contributed by atoms with Crippen LogP contribution in [0, 0.1) is 17.3 Å². The Balaban J connectivity index is 1.83. The fraction of sp³-hybridized carbons (Fsp3) is 0.724. The second-order valence-corrected chi connectivity index (χ2v) is 12.9. The predicted molar refractivity (Wildman–Crippen MR) is 147 cm³/mol. The number of carbonyl (C=O) groups excluding carboxylic acids is 3. The molecule has 218 valence electrons. The molecule has 0 radical (unpaired) electrons. The second kappa shape index (κ2) is 12.6. The van der Waals surface area contributed by atoms with Gasteiger partial charge < -0.3 is 24.4 Å². The van der Waals surface area contributed by atoms with Gasteiger partial charge in [-0.1, -0.05) is 34.1 Å². The van der Waals surface area contributed by atoms with Crippen molar-refractivity contribution in [2.24, 2.45) is 17.3 Å². The number of aromatic nitrogens is 1. The number of aliphatic hydroxyl groups is 2. The quantitative estimate of drug-likeness (QED) is 0.406. The molecule has 1 aromatic heterocycles. The second-order valence-electron chi connectivity index (χ2n) is 11.9. The molecule has 1 aromatic rings. The summed E-state index contributed by atoms with van der Waals surface area (Å²) in [5, 5.41) is 24.3. The third kappa shape index (κ3) is 7.96. The van der Waals surface area contributed by atoms with Crippen LogP contribution in [-0.4, -0.2) is 62.9 Å². The van der Waals surface area contributed by atoms with Gasteiger partial charge in [-0.25, -0.2) is 4.98 Å². The van der Waals surface area contributed by atoms with E-state index in [4.69, 9.17) is 14.2 Å². The molecule has 0 spiro atoms. The summed E-state index contributed by atoms with van der Waals surface area (Å²) in [6, 6.07) is 0. The van der Waals surface area contributed by atoms with Gasteiger partial charge in [0.05, 0.1) is 41.4 Å². The lowest BCUT2D eigenvalue weighted by molar-refractivity contribution is -0.154. The summed E-state index contributed by atoms with van der Waals surface area (Å²) >= 11 is 1.37. The van der Waals surface area contributed by atoms with Gasteiger partial charge >= 0.3 is 11.9 Å². The number of hydrogen-bond donors (Lipinski definition) is 2. The van der Waals surface area contributed by atoms with Crippen molar-refractivity contribution in [3.8, 4) is 0 Å². The topological polar surface area (TPSA) is 136 Å². The lowest BCUT2D eigenvalue weighted by Gasteiger charge is -2.34. The van der Waals surface area contributed by atoms with Gasteiger partial charge in [-0.05, 0) is 44.3 Å². The minimum absolute atomic E-state index is 0.0974. The van der Waals surface area contributed by atoms with Crippen LogP contribution in [0.4, 0.5) is 0 Å². The van der Waals surface area contributed by atoms with E-state index >= 15 is 0 Å². The Kier molecular flexibility index (Phi) is 10.1. The Hall–Kier alpha value is -2.14. The largest absolute Gasteiger partial charge is 0.458 e. The average molecular weight is 566 g/mol. The SMILES string of the molecule is CC(=O)OCc1nc(C=C(C)[C@@H]2C[C@@H]3O[C@]3(C)CCC[C@H](C)[C@H](O)[C@@H](C)C(=O)C(C)(C)[C@@H](O)CC(=O)O2)cs1. The molecule has 0 bridgehead atoms. The van der Waals surface area contributed by atoms with Crippen LogP contribution >= 0.6 is 11.3 Å². The Bertz CT molecular complexity index is 1080. The normalized spacial score (nSPS) is 34.6. The van der Waals surface area contributed by atoms with Gasteiger partial charge in [-0.15, -0.1) is 11.3 Å². The number of ether oxygens (including phenoxy) is 3. The number of cyclic esters (lactones) is 1. The number of nitrogens with zero attached hydrogens (tertiary/aromatic N) is 1. The molecule has 2 N–H and O–H groups in total. The zero-order chi connectivity index (χ0) is 29.1. The molecule has 2 fully saturated rings. The number of rotatable bonds is 4. The fourth-order valence-electron chi connectivity index (χ4n) is 5.24. The number of aliphatic hydroxyl groups excluding tert-OH is 2. The summed E-state index contributed by atoms with van der Waals surface area (Å²) in [5.74, 6) is -2.07. The maximum Gasteiger partial charge on any atom is 0.309 e. The van der Waals surface area contributed by atoms with E-state index in [0.29, 0.717) is 17.1 Å². The van der Waals surface area contributed by atoms with E-state index in [2.05, 4.69) is 4.98 Å². The summed E-state index contributed by atoms with van der Waals surface area (Å²) in [6.45, 7) is 12.2. The number of hydrogen-bond acceptors (Lipinski definition) is 10. The van der Waals surface area contributed by atoms with E-state index < -0.39 is 35.6 Å². The predicted octanol–water partition coefficient (Wildman–Crippen LogP) is 4.23. The van der Waals surface area contributed by atoms with Crippen LogP contribution < -0.4 is 0 Å². The molecule has 2 saturated heterocycles. The molecule has 0 saturated carbocycles. The lowest BCUT2D eigenvalue weighted by atomic mass is 9.73. The molecular formula is C29H43NO8S. The summed E-state index contributed by atoms with van der Waals surface area (Å²) in [7, 11) is 0. The highest BCUT2D eigenvalue weighted by molar-refractivity contribution is 7.09. The Morgan fingerprint density at radius 3 is 2.59 bits per heavy atom. The first-order valence-corrected chi connectivity index (χ1v) is 14.6. The average Bonchev–Trinajstić information content (AvgIpc) is 3.27. The smallest absolute Gasteiger partial charge is 0.309 e. The molecule has 2 aliphatic heterocycles. The van der Waals surface area contributed by atoms with Crippen LogP contribution in [0.1, 0.15) is 91.3 Å². The number of ketones is 1. The van der Waals surface area contributed by atoms with E-state index in [1.54, 1.807) is 20.8 Å². The molecule has 10 heteroatoms. The Morgan fingerprint density at radius 1 is 1.23 bits per heavy atom. The number of Topliss-reactive ketones (excluding diaryl/α,β-unsaturated/α-hetero) is 1. The van der Waals surface area contributed by atoms with Gasteiger partial charge in [0.2, 0.25) is 0 Å². The zero-order valence-electron chi connectivity index (χ0n) is 24.1. The van der Waals surface area contributed by atoms with Crippen molar-refractivity contribution in [1.82, 2.24) is 4.98 Å². The summed E-state index contributed by atoms with van der Waals surface area (Å²) in [6.07, 6.45) is 1.44. The highest BCUT2D eigenvalue weighted by Crippen LogP contribution is 2.45. The fourth-order valence-corrected chi connectivity index (χ4v) is 5.90. The van der Waals surface area contributed by atoms with Gasteiger partial charge in [-0.3, -0.25) is 14.4 Å². The van der Waals surface area contributed by atoms with Crippen molar-refractivity contribution in [1.29, 1.82) is 0 Å². The van der Waals surface area contributed by atoms with Crippen LogP contribution in [0.3, 0.4) is 0 Å². The van der Waals surface area contributed by atoms with Crippen molar-refractivity contribution in [3.63, 3.8) is 0 Å². The molecule has 39 heavy (non-hydrogen) atoms. The van der Waals surface area contributed by atoms with E-state index in [9.17, 15) is 24.6 Å². The lowest BCUT2D eigenvalue weighted by Crippen LogP contribution is -2.45. The van der Waals surface area contributed by atoms with Crippen molar-refractivity contribution in [2.45, 2.75) is 117 Å². The summed E-state index contributed by atoms with van der Waals surface area (Å²) in [5.41, 5.74) is -0.168.